The minimum absolute atomic E-state index is 0.0603. The van der Waals surface area contributed by atoms with Crippen LogP contribution in [-0.4, -0.2) is 11.5 Å². The van der Waals surface area contributed by atoms with E-state index < -0.39 is 4.92 Å². The summed E-state index contributed by atoms with van der Waals surface area (Å²) in [6.07, 6.45) is 0.808. The van der Waals surface area contributed by atoms with Gasteiger partial charge >= 0.3 is 5.69 Å². The van der Waals surface area contributed by atoms with Gasteiger partial charge in [-0.3, -0.25) is 10.1 Å². The molecule has 0 spiro atoms. The summed E-state index contributed by atoms with van der Waals surface area (Å²) in [4.78, 5) is 11.7. The molecule has 3 N–H and O–H groups in total. The first-order chi connectivity index (χ1) is 9.08. The van der Waals surface area contributed by atoms with Crippen LogP contribution in [0.3, 0.4) is 0 Å². The van der Waals surface area contributed by atoms with Crippen LogP contribution in [0.4, 0.5) is 17.1 Å². The number of nitro benzene ring substituents is 1. The first kappa shape index (κ1) is 13.8. The van der Waals surface area contributed by atoms with Crippen molar-refractivity contribution in [1.29, 1.82) is 0 Å². The van der Waals surface area contributed by atoms with E-state index in [1.165, 1.54) is 10.9 Å². The summed E-state index contributed by atoms with van der Waals surface area (Å²) in [7, 11) is 0. The maximum atomic E-state index is 11.0. The van der Waals surface area contributed by atoms with Gasteiger partial charge in [0, 0.05) is 11.4 Å². The van der Waals surface area contributed by atoms with Gasteiger partial charge in [-0.05, 0) is 46.6 Å². The topological polar surface area (TPSA) is 81.2 Å². The molecular weight excluding hydrogens is 330 g/mol. The number of benzene rings is 1. The smallest absolute Gasteiger partial charge is 0.314 e. The monoisotopic (exact) mass is 341 g/mol. The molecule has 5 nitrogen and oxygen atoms in total. The van der Waals surface area contributed by atoms with Gasteiger partial charge in [0.2, 0.25) is 0 Å². The van der Waals surface area contributed by atoms with Crippen molar-refractivity contribution in [3.8, 4) is 0 Å². The number of hydrogen-bond donors (Lipinski definition) is 2. The molecule has 1 aromatic heterocycles. The van der Waals surface area contributed by atoms with E-state index in [1.807, 2.05) is 12.1 Å². The van der Waals surface area contributed by atoms with Crippen LogP contribution in [0, 0.1) is 10.1 Å². The van der Waals surface area contributed by atoms with Crippen molar-refractivity contribution in [1.82, 2.24) is 0 Å². The van der Waals surface area contributed by atoms with Crippen molar-refractivity contribution in [2.24, 2.45) is 0 Å². The van der Waals surface area contributed by atoms with E-state index in [1.54, 1.807) is 23.5 Å². The minimum Gasteiger partial charge on any atom is -0.393 e. The third kappa shape index (κ3) is 3.45. The predicted molar refractivity (Wildman–Crippen MR) is 81.7 cm³/mol. The van der Waals surface area contributed by atoms with Crippen LogP contribution < -0.4 is 11.1 Å². The Bertz CT molecular complexity index is 600. The Kier molecular flexibility index (Phi) is 4.39. The molecule has 0 atom stereocenters. The second-order valence-corrected chi connectivity index (χ2v) is 6.43. The molecule has 1 aromatic carbocycles. The van der Waals surface area contributed by atoms with Crippen LogP contribution in [0.15, 0.2) is 34.1 Å². The molecule has 0 aliphatic rings. The molecule has 0 saturated carbocycles. The molecule has 0 saturated heterocycles. The molecule has 0 aliphatic heterocycles. The molecule has 2 aromatic rings. The Labute approximate surface area is 122 Å². The number of hydrogen-bond acceptors (Lipinski definition) is 5. The van der Waals surface area contributed by atoms with Crippen LogP contribution in [0.2, 0.25) is 0 Å². The van der Waals surface area contributed by atoms with Crippen molar-refractivity contribution in [2.45, 2.75) is 6.42 Å². The average molecular weight is 342 g/mol. The molecule has 0 bridgehead atoms. The van der Waals surface area contributed by atoms with Gasteiger partial charge in [0.05, 0.1) is 8.71 Å². The highest BCUT2D eigenvalue weighted by Crippen LogP contribution is 2.30. The largest absolute Gasteiger partial charge is 0.393 e. The van der Waals surface area contributed by atoms with Crippen LogP contribution in [-0.2, 0) is 6.42 Å². The lowest BCUT2D eigenvalue weighted by molar-refractivity contribution is -0.383. The summed E-state index contributed by atoms with van der Waals surface area (Å²) in [5, 5.41) is 14.0. The summed E-state index contributed by atoms with van der Waals surface area (Å²) in [5.74, 6) is 0. The fraction of sp³-hybridized carbons (Fsp3) is 0.167. The fourth-order valence-electron chi connectivity index (χ4n) is 1.71. The van der Waals surface area contributed by atoms with E-state index in [0.29, 0.717) is 12.2 Å². The molecule has 0 unspecified atom stereocenters. The summed E-state index contributed by atoms with van der Waals surface area (Å²) in [6.45, 7) is 0.622. The van der Waals surface area contributed by atoms with Crippen LogP contribution in [0.1, 0.15) is 4.88 Å². The normalized spacial score (nSPS) is 10.4. The highest BCUT2D eigenvalue weighted by Gasteiger charge is 2.16. The van der Waals surface area contributed by atoms with Gasteiger partial charge in [0.15, 0.2) is 0 Å². The number of nitrogens with one attached hydrogen (secondary N) is 1. The maximum absolute atomic E-state index is 11.0. The molecule has 19 heavy (non-hydrogen) atoms. The van der Waals surface area contributed by atoms with Crippen molar-refractivity contribution < 1.29 is 4.92 Å². The number of halogens is 1. The lowest BCUT2D eigenvalue weighted by atomic mass is 10.2. The Hall–Kier alpha value is -1.60. The number of para-hydroxylation sites is 1. The number of rotatable bonds is 5. The Balaban J connectivity index is 2.03. The quantitative estimate of drug-likeness (QED) is 0.494. The Morgan fingerprint density at radius 1 is 1.37 bits per heavy atom. The van der Waals surface area contributed by atoms with Gasteiger partial charge in [-0.1, -0.05) is 6.07 Å². The highest BCUT2D eigenvalue weighted by atomic mass is 79.9. The third-order valence-electron chi connectivity index (χ3n) is 2.57. The van der Waals surface area contributed by atoms with Crippen molar-refractivity contribution in [2.75, 3.05) is 17.6 Å². The number of nitro groups is 1. The summed E-state index contributed by atoms with van der Waals surface area (Å²) in [6, 6.07) is 8.91. The van der Waals surface area contributed by atoms with Gasteiger partial charge in [-0.2, -0.15) is 0 Å². The number of nitrogen functional groups attached to an aromatic ring is 1. The van der Waals surface area contributed by atoms with E-state index in [-0.39, 0.29) is 11.4 Å². The molecular formula is C12H12BrN3O2S. The van der Waals surface area contributed by atoms with Gasteiger partial charge < -0.3 is 11.1 Å². The molecule has 0 aliphatic carbocycles. The molecule has 0 fully saturated rings. The highest BCUT2D eigenvalue weighted by molar-refractivity contribution is 9.11. The van der Waals surface area contributed by atoms with Crippen LogP contribution in [0.5, 0.6) is 0 Å². The first-order valence-electron chi connectivity index (χ1n) is 5.59. The number of nitrogens with two attached hydrogens (primary N) is 1. The maximum Gasteiger partial charge on any atom is 0.314 e. The van der Waals surface area contributed by atoms with Gasteiger partial charge in [0.25, 0.3) is 0 Å². The second-order valence-electron chi connectivity index (χ2n) is 3.88. The van der Waals surface area contributed by atoms with E-state index in [2.05, 4.69) is 21.2 Å². The minimum atomic E-state index is -0.459. The first-order valence-corrected chi connectivity index (χ1v) is 7.20. The molecule has 100 valence electrons. The molecule has 0 radical (unpaired) electrons. The predicted octanol–water partition coefficient (Wildman–Crippen LogP) is 3.66. The lowest BCUT2D eigenvalue weighted by Gasteiger charge is -2.07. The Morgan fingerprint density at radius 3 is 2.79 bits per heavy atom. The zero-order chi connectivity index (χ0) is 13.8. The summed E-state index contributed by atoms with van der Waals surface area (Å²) in [5.41, 5.74) is 6.20. The zero-order valence-corrected chi connectivity index (χ0v) is 12.3. The standard InChI is InChI=1S/C12H12BrN3O2S/c13-11-5-4-8(19-11)6-7-15-10-3-1-2-9(14)12(10)16(17)18/h1-5,15H,6-7,14H2. The zero-order valence-electron chi connectivity index (χ0n) is 9.93. The van der Waals surface area contributed by atoms with E-state index >= 15 is 0 Å². The Morgan fingerprint density at radius 2 is 2.16 bits per heavy atom. The summed E-state index contributed by atoms with van der Waals surface area (Å²) < 4.78 is 1.08. The molecule has 2 rings (SSSR count). The van der Waals surface area contributed by atoms with E-state index in [9.17, 15) is 10.1 Å². The number of anilines is 2. The molecule has 7 heteroatoms. The van der Waals surface area contributed by atoms with Gasteiger partial charge in [-0.25, -0.2) is 0 Å². The third-order valence-corrected chi connectivity index (χ3v) is 4.25. The van der Waals surface area contributed by atoms with E-state index in [0.717, 1.165) is 10.2 Å². The van der Waals surface area contributed by atoms with Crippen LogP contribution >= 0.6 is 27.3 Å². The van der Waals surface area contributed by atoms with Crippen molar-refractivity contribution >= 4 is 44.3 Å². The fourth-order valence-corrected chi connectivity index (χ4v) is 3.20. The van der Waals surface area contributed by atoms with Crippen molar-refractivity contribution in [3.63, 3.8) is 0 Å². The molecule has 0 amide bonds. The lowest BCUT2D eigenvalue weighted by Crippen LogP contribution is -2.07. The van der Waals surface area contributed by atoms with Gasteiger partial charge in [-0.15, -0.1) is 11.3 Å². The molecule has 1 heterocycles. The van der Waals surface area contributed by atoms with Crippen LogP contribution in [0.25, 0.3) is 0 Å². The average Bonchev–Trinajstić information content (AvgIpc) is 2.74. The summed E-state index contributed by atoms with van der Waals surface area (Å²) >= 11 is 5.06. The van der Waals surface area contributed by atoms with Gasteiger partial charge in [0.1, 0.15) is 11.4 Å². The SMILES string of the molecule is Nc1cccc(NCCc2ccc(Br)s2)c1[N+](=O)[O-]. The number of nitrogens with zero attached hydrogens (tertiary/aromatic N) is 1. The number of thiophene rings is 1. The van der Waals surface area contributed by atoms with Crippen molar-refractivity contribution in [3.05, 3.63) is 49.1 Å². The van der Waals surface area contributed by atoms with E-state index in [4.69, 9.17) is 5.73 Å². The second kappa shape index (κ2) is 6.03.